The molecule has 1 N–H and O–H groups in total. The van der Waals surface area contributed by atoms with E-state index >= 15 is 0 Å². The van der Waals surface area contributed by atoms with Crippen molar-refractivity contribution in [2.75, 3.05) is 25.6 Å². The molecule has 2 aromatic rings. The van der Waals surface area contributed by atoms with Crippen LogP contribution in [0, 0.1) is 5.82 Å². The summed E-state index contributed by atoms with van der Waals surface area (Å²) in [7, 11) is 1.21. The average molecular weight is 333 g/mol. The number of carbonyl (C=O) groups excluding carboxylic acids is 2. The van der Waals surface area contributed by atoms with Crippen molar-refractivity contribution < 1.29 is 28.2 Å². The van der Waals surface area contributed by atoms with Crippen molar-refractivity contribution in [2.24, 2.45) is 0 Å². The van der Waals surface area contributed by atoms with Gasteiger partial charge >= 0.3 is 5.97 Å². The van der Waals surface area contributed by atoms with Crippen LogP contribution in [0.4, 0.5) is 10.1 Å². The van der Waals surface area contributed by atoms with Crippen LogP contribution >= 0.6 is 0 Å². The number of carbonyl (C=O) groups is 2. The highest BCUT2D eigenvalue weighted by atomic mass is 19.1. The minimum Gasteiger partial charge on any atom is -0.484 e. The third-order valence-electron chi connectivity index (χ3n) is 2.90. The van der Waals surface area contributed by atoms with Crippen LogP contribution in [-0.2, 0) is 14.3 Å². The molecule has 0 bridgehead atoms. The molecule has 0 aliphatic heterocycles. The number of esters is 1. The summed E-state index contributed by atoms with van der Waals surface area (Å²) in [5, 5.41) is 2.51. The van der Waals surface area contributed by atoms with Gasteiger partial charge in [0.1, 0.15) is 5.75 Å². The SMILES string of the molecule is COC(=O)COc1ccc(NC(=O)COc2ccccc2)cc1F. The number of hydrogen-bond acceptors (Lipinski definition) is 5. The lowest BCUT2D eigenvalue weighted by molar-refractivity contribution is -0.143. The first-order chi connectivity index (χ1) is 11.6. The van der Waals surface area contributed by atoms with Gasteiger partial charge in [0.25, 0.3) is 5.91 Å². The van der Waals surface area contributed by atoms with E-state index in [0.717, 1.165) is 6.07 Å². The minimum atomic E-state index is -0.708. The molecule has 0 aliphatic carbocycles. The molecule has 1 amide bonds. The molecule has 0 saturated carbocycles. The molecule has 0 saturated heterocycles. The van der Waals surface area contributed by atoms with Gasteiger partial charge in [-0.2, -0.15) is 0 Å². The predicted octanol–water partition coefficient (Wildman–Crippen LogP) is 2.40. The van der Waals surface area contributed by atoms with Crippen LogP contribution in [0.25, 0.3) is 0 Å². The summed E-state index contributed by atoms with van der Waals surface area (Å²) in [4.78, 5) is 22.7. The summed E-state index contributed by atoms with van der Waals surface area (Å²) < 4.78 is 28.5. The zero-order valence-electron chi connectivity index (χ0n) is 13.0. The van der Waals surface area contributed by atoms with E-state index in [9.17, 15) is 14.0 Å². The van der Waals surface area contributed by atoms with Crippen LogP contribution in [0.5, 0.6) is 11.5 Å². The van der Waals surface area contributed by atoms with E-state index in [1.165, 1.54) is 19.2 Å². The summed E-state index contributed by atoms with van der Waals surface area (Å²) in [6.07, 6.45) is 0. The molecule has 126 valence electrons. The summed E-state index contributed by atoms with van der Waals surface area (Å²) in [5.41, 5.74) is 0.250. The monoisotopic (exact) mass is 333 g/mol. The number of methoxy groups -OCH3 is 1. The van der Waals surface area contributed by atoms with E-state index in [4.69, 9.17) is 9.47 Å². The fourth-order valence-corrected chi connectivity index (χ4v) is 1.75. The Morgan fingerprint density at radius 3 is 2.46 bits per heavy atom. The maximum Gasteiger partial charge on any atom is 0.343 e. The number of benzene rings is 2. The van der Waals surface area contributed by atoms with Crippen molar-refractivity contribution >= 4 is 17.6 Å². The van der Waals surface area contributed by atoms with Gasteiger partial charge in [-0.15, -0.1) is 0 Å². The quantitative estimate of drug-likeness (QED) is 0.788. The first kappa shape index (κ1) is 17.3. The molecular weight excluding hydrogens is 317 g/mol. The molecule has 0 heterocycles. The molecule has 2 rings (SSSR count). The summed E-state index contributed by atoms with van der Waals surface area (Å²) in [6.45, 7) is -0.601. The standard InChI is InChI=1S/C17H16FNO5/c1-22-17(21)11-24-15-8-7-12(9-14(15)18)19-16(20)10-23-13-5-3-2-4-6-13/h2-9H,10-11H2,1H3,(H,19,20). The number of ether oxygens (including phenoxy) is 3. The number of hydrogen-bond donors (Lipinski definition) is 1. The normalized spacial score (nSPS) is 9.92. The maximum absolute atomic E-state index is 13.8. The lowest BCUT2D eigenvalue weighted by atomic mass is 10.3. The molecule has 0 radical (unpaired) electrons. The number of para-hydroxylation sites is 1. The Hall–Kier alpha value is -3.09. The molecule has 7 heteroatoms. The predicted molar refractivity (Wildman–Crippen MR) is 84.5 cm³/mol. The van der Waals surface area contributed by atoms with E-state index in [-0.39, 0.29) is 18.0 Å². The maximum atomic E-state index is 13.8. The highest BCUT2D eigenvalue weighted by molar-refractivity contribution is 5.91. The Kier molecular flexibility index (Phi) is 6.13. The van der Waals surface area contributed by atoms with Gasteiger partial charge in [0, 0.05) is 11.8 Å². The van der Waals surface area contributed by atoms with Crippen LogP contribution in [0.15, 0.2) is 48.5 Å². The van der Waals surface area contributed by atoms with Gasteiger partial charge < -0.3 is 19.5 Å². The van der Waals surface area contributed by atoms with Crippen molar-refractivity contribution in [3.8, 4) is 11.5 Å². The van der Waals surface area contributed by atoms with Gasteiger partial charge in [-0.1, -0.05) is 18.2 Å². The van der Waals surface area contributed by atoms with Crippen LogP contribution in [0.1, 0.15) is 0 Å². The number of anilines is 1. The van der Waals surface area contributed by atoms with Crippen LogP contribution in [0.3, 0.4) is 0 Å². The zero-order chi connectivity index (χ0) is 17.4. The Bertz CT molecular complexity index is 705. The molecule has 24 heavy (non-hydrogen) atoms. The third-order valence-corrected chi connectivity index (χ3v) is 2.90. The van der Waals surface area contributed by atoms with E-state index in [2.05, 4.69) is 10.1 Å². The van der Waals surface area contributed by atoms with Gasteiger partial charge in [-0.25, -0.2) is 9.18 Å². The smallest absolute Gasteiger partial charge is 0.343 e. The molecule has 2 aromatic carbocycles. The molecule has 6 nitrogen and oxygen atoms in total. The first-order valence-electron chi connectivity index (χ1n) is 7.05. The fourth-order valence-electron chi connectivity index (χ4n) is 1.75. The van der Waals surface area contributed by atoms with Gasteiger partial charge in [-0.05, 0) is 24.3 Å². The number of nitrogens with one attached hydrogen (secondary N) is 1. The Morgan fingerprint density at radius 2 is 1.79 bits per heavy atom. The summed E-state index contributed by atoms with van der Waals surface area (Å²) >= 11 is 0. The van der Waals surface area contributed by atoms with E-state index < -0.39 is 24.3 Å². The van der Waals surface area contributed by atoms with Gasteiger partial charge in [0.05, 0.1) is 7.11 Å². The number of amides is 1. The van der Waals surface area contributed by atoms with Gasteiger partial charge in [0.15, 0.2) is 24.8 Å². The van der Waals surface area contributed by atoms with Gasteiger partial charge in [0.2, 0.25) is 0 Å². The number of halogens is 1. The number of rotatable bonds is 7. The lowest BCUT2D eigenvalue weighted by Crippen LogP contribution is -2.20. The largest absolute Gasteiger partial charge is 0.484 e. The average Bonchev–Trinajstić information content (AvgIpc) is 2.60. The van der Waals surface area contributed by atoms with E-state index in [1.54, 1.807) is 24.3 Å². The van der Waals surface area contributed by atoms with E-state index in [1.807, 2.05) is 6.07 Å². The van der Waals surface area contributed by atoms with Crippen molar-refractivity contribution in [3.05, 3.63) is 54.3 Å². The molecule has 0 aliphatic rings. The Labute approximate surface area is 138 Å². The van der Waals surface area contributed by atoms with Crippen LogP contribution < -0.4 is 14.8 Å². The van der Waals surface area contributed by atoms with E-state index in [0.29, 0.717) is 5.75 Å². The summed E-state index contributed by atoms with van der Waals surface area (Å²) in [6, 6.07) is 12.7. The van der Waals surface area contributed by atoms with Crippen molar-refractivity contribution in [2.45, 2.75) is 0 Å². The lowest BCUT2D eigenvalue weighted by Gasteiger charge is -2.10. The zero-order valence-corrected chi connectivity index (χ0v) is 13.0. The second-order valence-electron chi connectivity index (χ2n) is 4.66. The van der Waals surface area contributed by atoms with Crippen LogP contribution in [-0.4, -0.2) is 32.2 Å². The third kappa shape index (κ3) is 5.28. The Balaban J connectivity index is 1.87. The molecular formula is C17H16FNO5. The van der Waals surface area contributed by atoms with Gasteiger partial charge in [-0.3, -0.25) is 4.79 Å². The fraction of sp³-hybridized carbons (Fsp3) is 0.176. The molecule has 0 spiro atoms. The molecule has 0 aromatic heterocycles. The Morgan fingerprint density at radius 1 is 1.04 bits per heavy atom. The highest BCUT2D eigenvalue weighted by Gasteiger charge is 2.10. The van der Waals surface area contributed by atoms with Crippen molar-refractivity contribution in [3.63, 3.8) is 0 Å². The highest BCUT2D eigenvalue weighted by Crippen LogP contribution is 2.21. The minimum absolute atomic E-state index is 0.112. The first-order valence-corrected chi connectivity index (χ1v) is 7.05. The van der Waals surface area contributed by atoms with Crippen molar-refractivity contribution in [1.82, 2.24) is 0 Å². The van der Waals surface area contributed by atoms with Crippen LogP contribution in [0.2, 0.25) is 0 Å². The molecule has 0 unspecified atom stereocenters. The topological polar surface area (TPSA) is 73.9 Å². The molecule has 0 fully saturated rings. The van der Waals surface area contributed by atoms with Crippen molar-refractivity contribution in [1.29, 1.82) is 0 Å². The second-order valence-corrected chi connectivity index (χ2v) is 4.66. The summed E-state index contributed by atoms with van der Waals surface area (Å²) in [5.74, 6) is -1.31. The second kappa shape index (κ2) is 8.52. The molecule has 0 atom stereocenters.